The third-order valence-corrected chi connectivity index (χ3v) is 5.34. The molecule has 0 atom stereocenters. The fourth-order valence-corrected chi connectivity index (χ4v) is 3.83. The summed E-state index contributed by atoms with van der Waals surface area (Å²) in [5.41, 5.74) is -0.824. The highest BCUT2D eigenvalue weighted by Gasteiger charge is 2.41. The predicted molar refractivity (Wildman–Crippen MR) is 92.8 cm³/mol. The van der Waals surface area contributed by atoms with Crippen LogP contribution >= 0.6 is 23.4 Å². The van der Waals surface area contributed by atoms with Gasteiger partial charge in [0, 0.05) is 22.1 Å². The average Bonchev–Trinajstić information content (AvgIpc) is 2.56. The fraction of sp³-hybridized carbons (Fsp3) is 0.529. The molecule has 1 N–H and O–H groups in total. The topological polar surface area (TPSA) is 55.4 Å². The van der Waals surface area contributed by atoms with Crippen LogP contribution < -0.4 is 5.32 Å². The molecule has 1 aliphatic carbocycles. The summed E-state index contributed by atoms with van der Waals surface area (Å²) in [6.07, 6.45) is 4.67. The van der Waals surface area contributed by atoms with E-state index in [2.05, 4.69) is 5.32 Å². The van der Waals surface area contributed by atoms with Gasteiger partial charge < -0.3 is 10.1 Å². The number of methoxy groups -OCH3 is 1. The molecule has 0 spiro atoms. The van der Waals surface area contributed by atoms with Crippen LogP contribution in [-0.4, -0.2) is 30.3 Å². The molecule has 0 aliphatic heterocycles. The van der Waals surface area contributed by atoms with Crippen molar-refractivity contribution >= 4 is 35.2 Å². The molecule has 6 heteroatoms. The van der Waals surface area contributed by atoms with Crippen molar-refractivity contribution in [1.82, 2.24) is 5.32 Å². The molecule has 0 bridgehead atoms. The van der Waals surface area contributed by atoms with E-state index in [9.17, 15) is 9.59 Å². The van der Waals surface area contributed by atoms with Crippen LogP contribution in [0.1, 0.15) is 38.5 Å². The van der Waals surface area contributed by atoms with Gasteiger partial charge in [0.15, 0.2) is 0 Å². The zero-order valence-electron chi connectivity index (χ0n) is 13.3. The second-order valence-electron chi connectivity index (χ2n) is 5.73. The second kappa shape index (κ2) is 8.60. The summed E-state index contributed by atoms with van der Waals surface area (Å²) in [6, 6.07) is 7.53. The minimum atomic E-state index is -0.824. The summed E-state index contributed by atoms with van der Waals surface area (Å²) in [5.74, 6) is 0.236. The third-order valence-electron chi connectivity index (χ3n) is 4.07. The molecule has 126 valence electrons. The van der Waals surface area contributed by atoms with Gasteiger partial charge in [-0.2, -0.15) is 0 Å². The summed E-state index contributed by atoms with van der Waals surface area (Å²) in [6.45, 7) is 0. The summed E-state index contributed by atoms with van der Waals surface area (Å²) < 4.78 is 4.91. The van der Waals surface area contributed by atoms with Crippen LogP contribution in [0.5, 0.6) is 0 Å². The Morgan fingerprint density at radius 2 is 1.87 bits per heavy atom. The van der Waals surface area contributed by atoms with Gasteiger partial charge in [-0.1, -0.05) is 30.9 Å². The number of hydrogen-bond acceptors (Lipinski definition) is 4. The summed E-state index contributed by atoms with van der Waals surface area (Å²) in [7, 11) is 1.38. The van der Waals surface area contributed by atoms with Gasteiger partial charge >= 0.3 is 5.97 Å². The third kappa shape index (κ3) is 5.15. The molecule has 0 aromatic heterocycles. The molecule has 1 aromatic carbocycles. The molecule has 0 saturated heterocycles. The lowest BCUT2D eigenvalue weighted by Crippen LogP contribution is -2.56. The first-order valence-electron chi connectivity index (χ1n) is 7.83. The highest BCUT2D eigenvalue weighted by atomic mass is 35.5. The van der Waals surface area contributed by atoms with Crippen LogP contribution in [0.4, 0.5) is 0 Å². The maximum atomic E-state index is 12.2. The molecule has 1 fully saturated rings. The maximum Gasteiger partial charge on any atom is 0.331 e. The number of ether oxygens (including phenoxy) is 1. The normalized spacial score (nSPS) is 16.6. The van der Waals surface area contributed by atoms with Crippen LogP contribution in [0, 0.1) is 0 Å². The predicted octanol–water partition coefficient (Wildman–Crippen LogP) is 3.81. The summed E-state index contributed by atoms with van der Waals surface area (Å²) >= 11 is 7.44. The number of amides is 1. The van der Waals surface area contributed by atoms with Crippen molar-refractivity contribution in [2.75, 3.05) is 12.9 Å². The van der Waals surface area contributed by atoms with Crippen molar-refractivity contribution in [2.24, 2.45) is 0 Å². The molecule has 0 radical (unpaired) electrons. The Hall–Kier alpha value is -1.20. The smallest absolute Gasteiger partial charge is 0.331 e. The largest absolute Gasteiger partial charge is 0.467 e. The number of halogens is 1. The van der Waals surface area contributed by atoms with Crippen LogP contribution in [0.2, 0.25) is 5.02 Å². The number of carbonyl (C=O) groups is 2. The highest BCUT2D eigenvalue weighted by molar-refractivity contribution is 7.99. The van der Waals surface area contributed by atoms with E-state index >= 15 is 0 Å². The average molecular weight is 356 g/mol. The molecule has 4 nitrogen and oxygen atoms in total. The fourth-order valence-electron chi connectivity index (χ4n) is 2.85. The van der Waals surface area contributed by atoms with E-state index in [0.717, 1.165) is 24.2 Å². The van der Waals surface area contributed by atoms with E-state index in [-0.39, 0.29) is 11.9 Å². The Morgan fingerprint density at radius 1 is 1.22 bits per heavy atom. The van der Waals surface area contributed by atoms with Gasteiger partial charge in [0.05, 0.1) is 7.11 Å². The van der Waals surface area contributed by atoms with Crippen molar-refractivity contribution in [3.8, 4) is 0 Å². The number of rotatable bonds is 6. The van der Waals surface area contributed by atoms with Gasteiger partial charge in [-0.25, -0.2) is 4.79 Å². The quantitative estimate of drug-likeness (QED) is 0.622. The summed E-state index contributed by atoms with van der Waals surface area (Å²) in [4.78, 5) is 25.4. The van der Waals surface area contributed by atoms with Gasteiger partial charge in [-0.3, -0.25) is 4.79 Å². The van der Waals surface area contributed by atoms with Crippen molar-refractivity contribution < 1.29 is 14.3 Å². The van der Waals surface area contributed by atoms with Gasteiger partial charge in [-0.15, -0.1) is 11.8 Å². The zero-order chi connectivity index (χ0) is 16.7. The minimum absolute atomic E-state index is 0.0984. The number of benzene rings is 1. The first kappa shape index (κ1) is 18.1. The van der Waals surface area contributed by atoms with Crippen molar-refractivity contribution in [3.05, 3.63) is 29.3 Å². The van der Waals surface area contributed by atoms with Gasteiger partial charge in [-0.05, 0) is 37.1 Å². The van der Waals surface area contributed by atoms with Gasteiger partial charge in [0.25, 0.3) is 0 Å². The first-order chi connectivity index (χ1) is 11.1. The Morgan fingerprint density at radius 3 is 2.48 bits per heavy atom. The van der Waals surface area contributed by atoms with E-state index in [1.165, 1.54) is 7.11 Å². The summed E-state index contributed by atoms with van der Waals surface area (Å²) in [5, 5.41) is 3.63. The Bertz CT molecular complexity index is 541. The molecule has 0 unspecified atom stereocenters. The Labute approximate surface area is 146 Å². The Kier molecular flexibility index (Phi) is 6.78. The zero-order valence-corrected chi connectivity index (χ0v) is 14.8. The SMILES string of the molecule is COC(=O)C1(NC(=O)CCSc2ccc(Cl)cc2)CCCCC1. The standard InChI is InChI=1S/C17H22ClNO3S/c1-22-16(21)17(10-3-2-4-11-17)19-15(20)9-12-23-14-7-5-13(18)6-8-14/h5-8H,2-4,9-12H2,1H3,(H,19,20). The molecular weight excluding hydrogens is 334 g/mol. The van der Waals surface area contributed by atoms with E-state index < -0.39 is 5.54 Å². The van der Waals surface area contributed by atoms with Crippen LogP contribution in [0.15, 0.2) is 29.2 Å². The molecule has 23 heavy (non-hydrogen) atoms. The van der Waals surface area contributed by atoms with Crippen LogP contribution in [-0.2, 0) is 14.3 Å². The van der Waals surface area contributed by atoms with Crippen LogP contribution in [0.3, 0.4) is 0 Å². The minimum Gasteiger partial charge on any atom is -0.467 e. The number of esters is 1. The van der Waals surface area contributed by atoms with E-state index in [1.54, 1.807) is 11.8 Å². The molecule has 1 aromatic rings. The van der Waals surface area contributed by atoms with Gasteiger partial charge in [0.2, 0.25) is 5.91 Å². The lowest BCUT2D eigenvalue weighted by molar-refractivity contribution is -0.152. The molecule has 2 rings (SSSR count). The molecular formula is C17H22ClNO3S. The number of thioether (sulfide) groups is 1. The van der Waals surface area contributed by atoms with E-state index in [1.807, 2.05) is 24.3 Å². The van der Waals surface area contributed by atoms with Crippen molar-refractivity contribution in [1.29, 1.82) is 0 Å². The molecule has 1 aliphatic rings. The number of hydrogen-bond donors (Lipinski definition) is 1. The lowest BCUT2D eigenvalue weighted by Gasteiger charge is -2.35. The van der Waals surface area contributed by atoms with Crippen molar-refractivity contribution in [3.63, 3.8) is 0 Å². The van der Waals surface area contributed by atoms with Crippen molar-refractivity contribution in [2.45, 2.75) is 49.0 Å². The lowest BCUT2D eigenvalue weighted by atomic mass is 9.81. The van der Waals surface area contributed by atoms with Crippen LogP contribution in [0.25, 0.3) is 0 Å². The highest BCUT2D eigenvalue weighted by Crippen LogP contribution is 2.29. The van der Waals surface area contributed by atoms with E-state index in [4.69, 9.17) is 16.3 Å². The monoisotopic (exact) mass is 355 g/mol. The molecule has 1 saturated carbocycles. The molecule has 1 amide bonds. The Balaban J connectivity index is 1.84. The van der Waals surface area contributed by atoms with E-state index in [0.29, 0.717) is 30.0 Å². The second-order valence-corrected chi connectivity index (χ2v) is 7.34. The molecule has 0 heterocycles. The number of nitrogens with one attached hydrogen (secondary N) is 1. The number of carbonyl (C=O) groups excluding carboxylic acids is 2. The van der Waals surface area contributed by atoms with Gasteiger partial charge in [0.1, 0.15) is 5.54 Å². The maximum absolute atomic E-state index is 12.2. The first-order valence-corrected chi connectivity index (χ1v) is 9.20.